The molecular weight excluding hydrogens is 526 g/mol. The average molecular weight is 559 g/mol. The Bertz CT molecular complexity index is 1560. The van der Waals surface area contributed by atoms with Crippen molar-refractivity contribution in [3.63, 3.8) is 0 Å². The van der Waals surface area contributed by atoms with E-state index in [0.29, 0.717) is 28.2 Å². The van der Waals surface area contributed by atoms with Crippen LogP contribution in [0, 0.1) is 5.92 Å². The molecule has 2 aliphatic rings. The van der Waals surface area contributed by atoms with Gasteiger partial charge in [-0.1, -0.05) is 18.2 Å². The minimum Gasteiger partial charge on any atom is -0.461 e. The van der Waals surface area contributed by atoms with Crippen LogP contribution in [0.2, 0.25) is 0 Å². The molecule has 6 rings (SSSR count). The molecule has 2 fully saturated rings. The summed E-state index contributed by atoms with van der Waals surface area (Å²) in [6.45, 7) is 8.12. The van der Waals surface area contributed by atoms with Crippen LogP contribution < -0.4 is 4.90 Å². The predicted octanol–water partition coefficient (Wildman–Crippen LogP) is 6.09. The maximum absolute atomic E-state index is 14.0. The van der Waals surface area contributed by atoms with E-state index in [1.54, 1.807) is 23.9 Å². The lowest BCUT2D eigenvalue weighted by molar-refractivity contribution is -0.0873. The van der Waals surface area contributed by atoms with Crippen molar-refractivity contribution >= 4 is 29.5 Å². The van der Waals surface area contributed by atoms with Gasteiger partial charge in [0.15, 0.2) is 11.3 Å². The number of nitrogens with zero attached hydrogens (tertiary/aromatic N) is 6. The summed E-state index contributed by atoms with van der Waals surface area (Å²) in [4.78, 5) is 28.6. The number of anilines is 1. The summed E-state index contributed by atoms with van der Waals surface area (Å²) in [7, 11) is 0. The summed E-state index contributed by atoms with van der Waals surface area (Å²) >= 11 is 0. The van der Waals surface area contributed by atoms with E-state index in [9.17, 15) is 13.6 Å². The monoisotopic (exact) mass is 558 g/mol. The zero-order valence-electron chi connectivity index (χ0n) is 23.0. The number of hydrogen-bond acceptors (Lipinski definition) is 7. The highest BCUT2D eigenvalue weighted by molar-refractivity contribution is 6.00. The van der Waals surface area contributed by atoms with E-state index >= 15 is 0 Å². The van der Waals surface area contributed by atoms with Gasteiger partial charge in [-0.05, 0) is 68.3 Å². The van der Waals surface area contributed by atoms with Gasteiger partial charge < -0.3 is 14.6 Å². The molecule has 10 heteroatoms. The molecule has 1 saturated carbocycles. The van der Waals surface area contributed by atoms with Gasteiger partial charge in [0.05, 0.1) is 23.4 Å². The Morgan fingerprint density at radius 1 is 1.15 bits per heavy atom. The van der Waals surface area contributed by atoms with Crippen molar-refractivity contribution in [2.24, 2.45) is 10.9 Å². The normalized spacial score (nSPS) is 17.4. The fourth-order valence-electron chi connectivity index (χ4n) is 5.83. The largest absolute Gasteiger partial charge is 0.461 e. The van der Waals surface area contributed by atoms with Crippen molar-refractivity contribution in [3.8, 4) is 16.8 Å². The van der Waals surface area contributed by atoms with E-state index < -0.39 is 17.8 Å². The Kier molecular flexibility index (Phi) is 7.23. The Hall–Kier alpha value is -4.21. The first kappa shape index (κ1) is 27.0. The molecule has 1 saturated heterocycles. The number of para-hydroxylation sites is 1. The zero-order chi connectivity index (χ0) is 28.6. The van der Waals surface area contributed by atoms with Crippen molar-refractivity contribution in [2.45, 2.75) is 44.4 Å². The highest BCUT2D eigenvalue weighted by atomic mass is 19.3. The van der Waals surface area contributed by atoms with Crippen molar-refractivity contribution in [2.75, 3.05) is 31.1 Å². The second-order valence-corrected chi connectivity index (χ2v) is 10.8. The molecule has 0 amide bonds. The van der Waals surface area contributed by atoms with Gasteiger partial charge in [-0.2, -0.15) is 5.10 Å². The molecule has 4 aromatic rings. The number of halogens is 2. The summed E-state index contributed by atoms with van der Waals surface area (Å²) in [5.41, 5.74) is 3.23. The SMILES string of the molecule is C=NCC1CCN(c2ccc(-c3cc(C(=O)OCC)nc4c3c(C3CC(F)(F)C3)nn4-c3ccccc3)cn2)CC1. The van der Waals surface area contributed by atoms with E-state index in [1.807, 2.05) is 42.5 Å². The molecule has 4 heterocycles. The predicted molar refractivity (Wildman–Crippen MR) is 154 cm³/mol. The minimum atomic E-state index is -2.72. The van der Waals surface area contributed by atoms with E-state index in [4.69, 9.17) is 14.8 Å². The highest BCUT2D eigenvalue weighted by Gasteiger charge is 2.48. The summed E-state index contributed by atoms with van der Waals surface area (Å²) in [6.07, 6.45) is 3.28. The molecule has 212 valence electrons. The van der Waals surface area contributed by atoms with E-state index in [1.165, 1.54) is 0 Å². The molecule has 0 spiro atoms. The van der Waals surface area contributed by atoms with Gasteiger partial charge in [0.2, 0.25) is 5.92 Å². The molecular formula is C31H32F2N6O2. The molecule has 1 aromatic carbocycles. The number of benzene rings is 1. The first-order valence-corrected chi connectivity index (χ1v) is 14.0. The zero-order valence-corrected chi connectivity index (χ0v) is 23.0. The van der Waals surface area contributed by atoms with Crippen LogP contribution in [0.1, 0.15) is 54.7 Å². The van der Waals surface area contributed by atoms with E-state index in [0.717, 1.165) is 49.5 Å². The average Bonchev–Trinajstić information content (AvgIpc) is 3.36. The smallest absolute Gasteiger partial charge is 0.357 e. The third kappa shape index (κ3) is 5.30. The second-order valence-electron chi connectivity index (χ2n) is 10.8. The van der Waals surface area contributed by atoms with Crippen LogP contribution in [-0.4, -0.2) is 64.6 Å². The first-order valence-electron chi connectivity index (χ1n) is 14.0. The van der Waals surface area contributed by atoms with Crippen LogP contribution in [0.4, 0.5) is 14.6 Å². The lowest BCUT2D eigenvalue weighted by Crippen LogP contribution is -2.35. The number of carbonyl (C=O) groups excluding carboxylic acids is 1. The van der Waals surface area contributed by atoms with Gasteiger partial charge in [0.25, 0.3) is 0 Å². The van der Waals surface area contributed by atoms with Crippen LogP contribution in [0.5, 0.6) is 0 Å². The van der Waals surface area contributed by atoms with Crippen LogP contribution in [0.25, 0.3) is 27.8 Å². The molecule has 0 bridgehead atoms. The maximum Gasteiger partial charge on any atom is 0.357 e. The fraction of sp³-hybridized carbons (Fsp3) is 0.387. The second kappa shape index (κ2) is 11.0. The number of alkyl halides is 2. The summed E-state index contributed by atoms with van der Waals surface area (Å²) in [5.74, 6) is -2.29. The lowest BCUT2D eigenvalue weighted by Gasteiger charge is -2.34. The molecule has 0 atom stereocenters. The number of pyridine rings is 2. The van der Waals surface area contributed by atoms with Gasteiger partial charge in [-0.25, -0.2) is 28.2 Å². The molecule has 0 unspecified atom stereocenters. The van der Waals surface area contributed by atoms with Crippen molar-refractivity contribution in [1.29, 1.82) is 0 Å². The first-order chi connectivity index (χ1) is 19.9. The van der Waals surface area contributed by atoms with Crippen LogP contribution in [-0.2, 0) is 4.74 Å². The van der Waals surface area contributed by atoms with Crippen LogP contribution >= 0.6 is 0 Å². The molecule has 0 radical (unpaired) electrons. The van der Waals surface area contributed by atoms with Gasteiger partial charge in [-0.3, -0.25) is 0 Å². The molecule has 3 aromatic heterocycles. The van der Waals surface area contributed by atoms with Crippen molar-refractivity contribution in [1.82, 2.24) is 19.7 Å². The van der Waals surface area contributed by atoms with Crippen LogP contribution in [0.15, 0.2) is 59.7 Å². The summed E-state index contributed by atoms with van der Waals surface area (Å²) in [6, 6.07) is 15.0. The number of rotatable bonds is 8. The Morgan fingerprint density at radius 3 is 2.54 bits per heavy atom. The summed E-state index contributed by atoms with van der Waals surface area (Å²) in [5, 5.41) is 5.47. The Labute approximate surface area is 237 Å². The van der Waals surface area contributed by atoms with Gasteiger partial charge >= 0.3 is 5.97 Å². The van der Waals surface area contributed by atoms with Gasteiger partial charge in [0.1, 0.15) is 5.82 Å². The number of ether oxygens (including phenoxy) is 1. The number of carbonyl (C=O) groups is 1. The fourth-order valence-corrected chi connectivity index (χ4v) is 5.83. The maximum atomic E-state index is 14.0. The molecule has 0 N–H and O–H groups in total. The Balaban J connectivity index is 1.46. The number of piperidine rings is 1. The van der Waals surface area contributed by atoms with Gasteiger partial charge in [-0.15, -0.1) is 0 Å². The van der Waals surface area contributed by atoms with Crippen molar-refractivity contribution in [3.05, 3.63) is 66.1 Å². The number of hydrogen-bond donors (Lipinski definition) is 0. The number of fused-ring (bicyclic) bond motifs is 1. The quantitative estimate of drug-likeness (QED) is 0.192. The molecule has 41 heavy (non-hydrogen) atoms. The standard InChI is InChI=1S/C31H32F2N6O2/c1-3-41-30(40)25-15-24(21-9-10-26(35-19-21)38-13-11-20(12-14-38)18-34-2)27-28(22-16-31(32,33)17-22)37-39(29(27)36-25)23-7-5-4-6-8-23/h4-10,15,19-20,22H,2-3,11-14,16-18H2,1H3. The van der Waals surface area contributed by atoms with E-state index in [-0.39, 0.29) is 25.1 Å². The lowest BCUT2D eigenvalue weighted by atomic mass is 9.78. The Morgan fingerprint density at radius 2 is 1.90 bits per heavy atom. The number of aliphatic imine (C=N–C) groups is 1. The highest BCUT2D eigenvalue weighted by Crippen LogP contribution is 2.50. The summed E-state index contributed by atoms with van der Waals surface area (Å²) < 4.78 is 35.0. The third-order valence-corrected chi connectivity index (χ3v) is 8.01. The molecule has 8 nitrogen and oxygen atoms in total. The molecule has 1 aliphatic heterocycles. The number of aromatic nitrogens is 4. The van der Waals surface area contributed by atoms with Crippen molar-refractivity contribution < 1.29 is 18.3 Å². The van der Waals surface area contributed by atoms with E-state index in [2.05, 4.69) is 21.6 Å². The molecule has 1 aliphatic carbocycles. The van der Waals surface area contributed by atoms with Crippen LogP contribution in [0.3, 0.4) is 0 Å². The third-order valence-electron chi connectivity index (χ3n) is 8.01. The minimum absolute atomic E-state index is 0.124. The number of esters is 1. The topological polar surface area (TPSA) is 85.5 Å². The van der Waals surface area contributed by atoms with Gasteiger partial charge in [0, 0.05) is 50.2 Å².